The SMILES string of the molecule is Cn1c(SCc2ccc(C#N)cc2)nnc1-c1ccc(O)cc1. The average molecular weight is 322 g/mol. The number of hydrogen-bond donors (Lipinski definition) is 1. The quantitative estimate of drug-likeness (QED) is 0.746. The first-order chi connectivity index (χ1) is 11.2. The Morgan fingerprint density at radius 1 is 1.09 bits per heavy atom. The zero-order valence-electron chi connectivity index (χ0n) is 12.5. The van der Waals surface area contributed by atoms with Crippen molar-refractivity contribution in [2.75, 3.05) is 0 Å². The number of nitriles is 1. The molecular formula is C17H14N4OS. The number of phenolic OH excluding ortho intramolecular Hbond substituents is 1. The van der Waals surface area contributed by atoms with Gasteiger partial charge in [0.1, 0.15) is 5.75 Å². The Bertz CT molecular complexity index is 848. The van der Waals surface area contributed by atoms with Crippen LogP contribution in [0.25, 0.3) is 11.4 Å². The summed E-state index contributed by atoms with van der Waals surface area (Å²) in [5, 5.41) is 27.4. The summed E-state index contributed by atoms with van der Waals surface area (Å²) in [7, 11) is 1.92. The van der Waals surface area contributed by atoms with Crippen LogP contribution < -0.4 is 0 Å². The molecule has 1 aromatic heterocycles. The van der Waals surface area contributed by atoms with Crippen molar-refractivity contribution in [2.24, 2.45) is 7.05 Å². The van der Waals surface area contributed by atoms with Crippen LogP contribution in [-0.4, -0.2) is 19.9 Å². The number of phenols is 1. The van der Waals surface area contributed by atoms with E-state index in [4.69, 9.17) is 5.26 Å². The third-order valence-electron chi connectivity index (χ3n) is 3.41. The molecule has 1 heterocycles. The van der Waals surface area contributed by atoms with E-state index >= 15 is 0 Å². The van der Waals surface area contributed by atoms with Crippen molar-refractivity contribution in [2.45, 2.75) is 10.9 Å². The van der Waals surface area contributed by atoms with E-state index in [9.17, 15) is 5.11 Å². The highest BCUT2D eigenvalue weighted by Gasteiger charge is 2.11. The van der Waals surface area contributed by atoms with Crippen LogP contribution in [0.4, 0.5) is 0 Å². The van der Waals surface area contributed by atoms with Crippen LogP contribution in [0, 0.1) is 11.3 Å². The molecule has 1 N–H and O–H groups in total. The van der Waals surface area contributed by atoms with Gasteiger partial charge in [-0.2, -0.15) is 5.26 Å². The smallest absolute Gasteiger partial charge is 0.191 e. The summed E-state index contributed by atoms with van der Waals surface area (Å²) in [6.45, 7) is 0. The zero-order valence-corrected chi connectivity index (χ0v) is 13.3. The van der Waals surface area contributed by atoms with Gasteiger partial charge in [-0.1, -0.05) is 23.9 Å². The lowest BCUT2D eigenvalue weighted by Crippen LogP contribution is -1.95. The van der Waals surface area contributed by atoms with E-state index in [1.54, 1.807) is 23.9 Å². The number of hydrogen-bond acceptors (Lipinski definition) is 5. The van der Waals surface area contributed by atoms with E-state index in [-0.39, 0.29) is 5.75 Å². The van der Waals surface area contributed by atoms with Gasteiger partial charge in [0.05, 0.1) is 11.6 Å². The monoisotopic (exact) mass is 322 g/mol. The second kappa shape index (κ2) is 6.55. The van der Waals surface area contributed by atoms with E-state index < -0.39 is 0 Å². The summed E-state index contributed by atoms with van der Waals surface area (Å²) >= 11 is 1.59. The molecule has 5 nitrogen and oxygen atoms in total. The first-order valence-electron chi connectivity index (χ1n) is 6.98. The highest BCUT2D eigenvalue weighted by molar-refractivity contribution is 7.98. The van der Waals surface area contributed by atoms with Gasteiger partial charge < -0.3 is 9.67 Å². The largest absolute Gasteiger partial charge is 0.508 e. The summed E-state index contributed by atoms with van der Waals surface area (Å²) in [6, 6.07) is 16.5. The number of benzene rings is 2. The van der Waals surface area contributed by atoms with Crippen LogP contribution in [0.15, 0.2) is 53.7 Å². The second-order valence-corrected chi connectivity index (χ2v) is 5.95. The van der Waals surface area contributed by atoms with E-state index in [0.717, 1.165) is 27.9 Å². The summed E-state index contributed by atoms with van der Waals surface area (Å²) in [6.07, 6.45) is 0. The standard InChI is InChI=1S/C17H14N4OS/c1-21-16(14-6-8-15(22)9-7-14)19-20-17(21)23-11-13-4-2-12(10-18)3-5-13/h2-9,22H,11H2,1H3. The van der Waals surface area contributed by atoms with Crippen LogP contribution in [0.2, 0.25) is 0 Å². The van der Waals surface area contributed by atoms with Crippen LogP contribution in [0.3, 0.4) is 0 Å². The number of nitrogens with zero attached hydrogens (tertiary/aromatic N) is 4. The Morgan fingerprint density at radius 3 is 2.43 bits per heavy atom. The average Bonchev–Trinajstić information content (AvgIpc) is 2.95. The highest BCUT2D eigenvalue weighted by atomic mass is 32.2. The molecule has 2 aromatic carbocycles. The molecule has 0 saturated heterocycles. The van der Waals surface area contributed by atoms with Crippen molar-refractivity contribution in [1.82, 2.24) is 14.8 Å². The molecule has 0 unspecified atom stereocenters. The maximum atomic E-state index is 9.36. The van der Waals surface area contributed by atoms with Crippen LogP contribution in [-0.2, 0) is 12.8 Å². The van der Waals surface area contributed by atoms with Gasteiger partial charge in [-0.05, 0) is 42.0 Å². The van der Waals surface area contributed by atoms with Gasteiger partial charge in [0.25, 0.3) is 0 Å². The molecule has 114 valence electrons. The topological polar surface area (TPSA) is 74.7 Å². The molecule has 0 aliphatic heterocycles. The normalized spacial score (nSPS) is 10.4. The maximum absolute atomic E-state index is 9.36. The first-order valence-corrected chi connectivity index (χ1v) is 7.96. The lowest BCUT2D eigenvalue weighted by atomic mass is 10.2. The van der Waals surface area contributed by atoms with Gasteiger partial charge in [0, 0.05) is 18.4 Å². The zero-order chi connectivity index (χ0) is 16.2. The highest BCUT2D eigenvalue weighted by Crippen LogP contribution is 2.26. The molecule has 3 rings (SSSR count). The molecular weight excluding hydrogens is 308 g/mol. The Balaban J connectivity index is 1.74. The molecule has 3 aromatic rings. The van der Waals surface area contributed by atoms with Gasteiger partial charge >= 0.3 is 0 Å². The van der Waals surface area contributed by atoms with Gasteiger partial charge in [-0.3, -0.25) is 0 Å². The van der Waals surface area contributed by atoms with Crippen molar-refractivity contribution in [1.29, 1.82) is 5.26 Å². The number of aromatic hydroxyl groups is 1. The fourth-order valence-electron chi connectivity index (χ4n) is 2.13. The lowest BCUT2D eigenvalue weighted by molar-refractivity contribution is 0.475. The summed E-state index contributed by atoms with van der Waals surface area (Å²) in [4.78, 5) is 0. The van der Waals surface area contributed by atoms with E-state index in [2.05, 4.69) is 16.3 Å². The molecule has 0 saturated carbocycles. The molecule has 0 atom stereocenters. The predicted molar refractivity (Wildman–Crippen MR) is 88.8 cm³/mol. The van der Waals surface area contributed by atoms with Crippen molar-refractivity contribution < 1.29 is 5.11 Å². The van der Waals surface area contributed by atoms with Gasteiger partial charge in [-0.15, -0.1) is 10.2 Å². The van der Waals surface area contributed by atoms with Crippen molar-refractivity contribution in [3.63, 3.8) is 0 Å². The second-order valence-electron chi connectivity index (χ2n) is 5.01. The molecule has 0 aliphatic carbocycles. The van der Waals surface area contributed by atoms with Crippen LogP contribution in [0.5, 0.6) is 5.75 Å². The Hall–Kier alpha value is -2.78. The van der Waals surface area contributed by atoms with Gasteiger partial charge in [0.15, 0.2) is 11.0 Å². The maximum Gasteiger partial charge on any atom is 0.191 e. The number of aromatic nitrogens is 3. The van der Waals surface area contributed by atoms with E-state index in [1.165, 1.54) is 0 Å². The summed E-state index contributed by atoms with van der Waals surface area (Å²) in [5.74, 6) is 1.74. The van der Waals surface area contributed by atoms with Crippen LogP contribution in [0.1, 0.15) is 11.1 Å². The molecule has 23 heavy (non-hydrogen) atoms. The Labute approximate surface area is 138 Å². The minimum Gasteiger partial charge on any atom is -0.508 e. The molecule has 6 heteroatoms. The van der Waals surface area contributed by atoms with Gasteiger partial charge in [-0.25, -0.2) is 0 Å². The minimum absolute atomic E-state index is 0.228. The fraction of sp³-hybridized carbons (Fsp3) is 0.118. The summed E-state index contributed by atoms with van der Waals surface area (Å²) < 4.78 is 1.93. The first kappa shape index (κ1) is 15.1. The number of rotatable bonds is 4. The summed E-state index contributed by atoms with van der Waals surface area (Å²) in [5.41, 5.74) is 2.69. The lowest BCUT2D eigenvalue weighted by Gasteiger charge is -2.04. The van der Waals surface area contributed by atoms with E-state index in [1.807, 2.05) is 48.0 Å². The van der Waals surface area contributed by atoms with Gasteiger partial charge in [0.2, 0.25) is 0 Å². The third kappa shape index (κ3) is 3.35. The molecule has 0 aliphatic rings. The fourth-order valence-corrected chi connectivity index (χ4v) is 2.99. The van der Waals surface area contributed by atoms with E-state index in [0.29, 0.717) is 5.56 Å². The minimum atomic E-state index is 0.228. The van der Waals surface area contributed by atoms with Crippen molar-refractivity contribution >= 4 is 11.8 Å². The number of thioether (sulfide) groups is 1. The molecule has 0 spiro atoms. The molecule has 0 amide bonds. The predicted octanol–water partition coefficient (Wildman–Crippen LogP) is 3.35. The third-order valence-corrected chi connectivity index (χ3v) is 4.50. The molecule has 0 bridgehead atoms. The molecule has 0 radical (unpaired) electrons. The van der Waals surface area contributed by atoms with Crippen LogP contribution >= 0.6 is 11.8 Å². The molecule has 0 fully saturated rings. The Kier molecular flexibility index (Phi) is 4.31. The van der Waals surface area contributed by atoms with Crippen molar-refractivity contribution in [3.05, 3.63) is 59.7 Å². The Morgan fingerprint density at radius 2 is 1.78 bits per heavy atom. The van der Waals surface area contributed by atoms with Crippen molar-refractivity contribution in [3.8, 4) is 23.2 Å².